The summed E-state index contributed by atoms with van der Waals surface area (Å²) < 4.78 is 13.8. The number of para-hydroxylation sites is 3. The molecule has 6 nitrogen and oxygen atoms in total. The van der Waals surface area contributed by atoms with E-state index in [1.165, 1.54) is 5.56 Å². The fourth-order valence-corrected chi connectivity index (χ4v) is 4.14. The first kappa shape index (κ1) is 25.3. The lowest BCUT2D eigenvalue weighted by atomic mass is 9.99. The quantitative estimate of drug-likeness (QED) is 0.245. The normalized spacial score (nSPS) is 11.8. The highest BCUT2D eigenvalue weighted by molar-refractivity contribution is 5.77. The molecule has 0 aliphatic rings. The molecule has 1 heterocycles. The molecule has 1 N–H and O–H groups in total. The monoisotopic (exact) mass is 485 g/mol. The van der Waals surface area contributed by atoms with E-state index in [0.717, 1.165) is 42.0 Å². The fourth-order valence-electron chi connectivity index (χ4n) is 4.14. The van der Waals surface area contributed by atoms with Gasteiger partial charge in [-0.05, 0) is 60.7 Å². The number of fused-ring (bicyclic) bond motifs is 1. The van der Waals surface area contributed by atoms with Gasteiger partial charge in [-0.2, -0.15) is 0 Å². The first-order valence-electron chi connectivity index (χ1n) is 12.8. The van der Waals surface area contributed by atoms with Gasteiger partial charge in [0, 0.05) is 19.5 Å². The third-order valence-electron chi connectivity index (χ3n) is 6.37. The number of hydrogen-bond donors (Lipinski definition) is 1. The molecule has 0 radical (unpaired) electrons. The second kappa shape index (κ2) is 12.8. The molecule has 3 aromatic carbocycles. The Labute approximate surface area is 213 Å². The van der Waals surface area contributed by atoms with Crippen LogP contribution in [0.1, 0.15) is 44.0 Å². The largest absolute Gasteiger partial charge is 0.494 e. The van der Waals surface area contributed by atoms with Crippen LogP contribution in [0.3, 0.4) is 0 Å². The van der Waals surface area contributed by atoms with Gasteiger partial charge in [0.25, 0.3) is 5.91 Å². The second-order valence-corrected chi connectivity index (χ2v) is 8.95. The highest BCUT2D eigenvalue weighted by Gasteiger charge is 2.11. The number of nitrogens with one attached hydrogen (secondary N) is 1. The summed E-state index contributed by atoms with van der Waals surface area (Å²) in [7, 11) is 0. The zero-order chi connectivity index (χ0) is 25.2. The third kappa shape index (κ3) is 6.87. The van der Waals surface area contributed by atoms with Gasteiger partial charge in [-0.3, -0.25) is 4.79 Å². The second-order valence-electron chi connectivity index (χ2n) is 8.95. The molecule has 1 amide bonds. The standard InChI is InChI=1S/C30H35N3O3/c1-3-23(2)24-14-16-26(17-15-24)35-21-9-20-33-28-13-8-7-12-27(28)32-29(33)18-19-31-30(34)22-36-25-10-5-4-6-11-25/h4-8,10-17,23H,3,9,18-22H2,1-2H3,(H,31,34). The molecule has 0 aliphatic carbocycles. The van der Waals surface area contributed by atoms with Gasteiger partial charge in [0.1, 0.15) is 17.3 Å². The van der Waals surface area contributed by atoms with Crippen molar-refractivity contribution in [3.63, 3.8) is 0 Å². The summed E-state index contributed by atoms with van der Waals surface area (Å²) in [5.41, 5.74) is 3.41. The Bertz CT molecular complexity index is 1240. The van der Waals surface area contributed by atoms with Crippen molar-refractivity contribution in [2.75, 3.05) is 19.8 Å². The van der Waals surface area contributed by atoms with Crippen LogP contribution in [0.2, 0.25) is 0 Å². The van der Waals surface area contributed by atoms with E-state index in [0.29, 0.717) is 31.2 Å². The van der Waals surface area contributed by atoms with Crippen molar-refractivity contribution in [3.8, 4) is 11.5 Å². The van der Waals surface area contributed by atoms with Crippen LogP contribution in [-0.4, -0.2) is 35.2 Å². The number of benzene rings is 3. The summed E-state index contributed by atoms with van der Waals surface area (Å²) in [4.78, 5) is 17.0. The molecule has 0 spiro atoms. The number of amides is 1. The molecule has 0 saturated carbocycles. The maximum atomic E-state index is 12.2. The minimum absolute atomic E-state index is 0.00386. The van der Waals surface area contributed by atoms with E-state index in [1.807, 2.05) is 48.5 Å². The molecule has 6 heteroatoms. The van der Waals surface area contributed by atoms with Crippen molar-refractivity contribution in [1.29, 1.82) is 0 Å². The Balaban J connectivity index is 1.28. The first-order chi connectivity index (χ1) is 17.6. The number of hydrogen-bond acceptors (Lipinski definition) is 4. The van der Waals surface area contributed by atoms with Crippen LogP contribution in [0.4, 0.5) is 0 Å². The van der Waals surface area contributed by atoms with Crippen LogP contribution in [0.5, 0.6) is 11.5 Å². The highest BCUT2D eigenvalue weighted by Crippen LogP contribution is 2.22. The molecule has 0 fully saturated rings. The molecule has 4 rings (SSSR count). The SMILES string of the molecule is CCC(C)c1ccc(OCCCn2c(CCNC(=O)COc3ccccc3)nc3ccccc32)cc1. The Morgan fingerprint density at radius 2 is 1.67 bits per heavy atom. The Kier molecular flexibility index (Phi) is 8.98. The van der Waals surface area contributed by atoms with Gasteiger partial charge in [-0.1, -0.05) is 56.3 Å². The van der Waals surface area contributed by atoms with Crippen LogP contribution in [-0.2, 0) is 17.8 Å². The zero-order valence-electron chi connectivity index (χ0n) is 21.2. The number of ether oxygens (including phenoxy) is 2. The van der Waals surface area contributed by atoms with Gasteiger partial charge in [0.15, 0.2) is 6.61 Å². The van der Waals surface area contributed by atoms with Gasteiger partial charge < -0.3 is 19.4 Å². The van der Waals surface area contributed by atoms with E-state index in [2.05, 4.69) is 54.1 Å². The number of nitrogens with zero attached hydrogens (tertiary/aromatic N) is 2. The topological polar surface area (TPSA) is 65.4 Å². The van der Waals surface area contributed by atoms with Gasteiger partial charge in [-0.25, -0.2) is 4.98 Å². The minimum atomic E-state index is -0.144. The van der Waals surface area contributed by atoms with E-state index in [9.17, 15) is 4.79 Å². The van der Waals surface area contributed by atoms with E-state index in [-0.39, 0.29) is 12.5 Å². The van der Waals surface area contributed by atoms with Crippen molar-refractivity contribution in [2.45, 2.75) is 45.6 Å². The molecule has 1 unspecified atom stereocenters. The number of rotatable bonds is 13. The molecule has 188 valence electrons. The van der Waals surface area contributed by atoms with Gasteiger partial charge in [0.2, 0.25) is 0 Å². The third-order valence-corrected chi connectivity index (χ3v) is 6.37. The molecule has 0 bridgehead atoms. The number of aryl methyl sites for hydroxylation is 1. The molecular weight excluding hydrogens is 450 g/mol. The summed E-state index contributed by atoms with van der Waals surface area (Å²) >= 11 is 0. The first-order valence-corrected chi connectivity index (χ1v) is 12.8. The lowest BCUT2D eigenvalue weighted by Gasteiger charge is -2.12. The number of carbonyl (C=O) groups excluding carboxylic acids is 1. The van der Waals surface area contributed by atoms with Crippen molar-refractivity contribution >= 4 is 16.9 Å². The minimum Gasteiger partial charge on any atom is -0.494 e. The highest BCUT2D eigenvalue weighted by atomic mass is 16.5. The Hall–Kier alpha value is -3.80. The predicted octanol–water partition coefficient (Wildman–Crippen LogP) is 5.76. The van der Waals surface area contributed by atoms with Crippen LogP contribution >= 0.6 is 0 Å². The molecule has 0 saturated heterocycles. The summed E-state index contributed by atoms with van der Waals surface area (Å²) in [6.07, 6.45) is 2.63. The molecule has 4 aromatic rings. The van der Waals surface area contributed by atoms with Crippen LogP contribution in [0, 0.1) is 0 Å². The number of carbonyl (C=O) groups is 1. The number of imidazole rings is 1. The van der Waals surface area contributed by atoms with Crippen LogP contribution < -0.4 is 14.8 Å². The van der Waals surface area contributed by atoms with E-state index in [4.69, 9.17) is 14.5 Å². The lowest BCUT2D eigenvalue weighted by molar-refractivity contribution is -0.123. The van der Waals surface area contributed by atoms with Crippen molar-refractivity contribution in [3.05, 3.63) is 90.3 Å². The van der Waals surface area contributed by atoms with Crippen molar-refractivity contribution in [2.24, 2.45) is 0 Å². The summed E-state index contributed by atoms with van der Waals surface area (Å²) in [5.74, 6) is 2.96. The average molecular weight is 486 g/mol. The lowest BCUT2D eigenvalue weighted by Crippen LogP contribution is -2.31. The molecule has 1 atom stereocenters. The van der Waals surface area contributed by atoms with Crippen LogP contribution in [0.25, 0.3) is 11.0 Å². The van der Waals surface area contributed by atoms with Crippen molar-refractivity contribution in [1.82, 2.24) is 14.9 Å². The average Bonchev–Trinajstić information content (AvgIpc) is 3.27. The van der Waals surface area contributed by atoms with Gasteiger partial charge in [0.05, 0.1) is 17.6 Å². The molecule has 36 heavy (non-hydrogen) atoms. The number of aromatic nitrogens is 2. The van der Waals surface area contributed by atoms with Gasteiger partial charge in [-0.15, -0.1) is 0 Å². The fraction of sp³-hybridized carbons (Fsp3) is 0.333. The molecule has 0 aliphatic heterocycles. The summed E-state index contributed by atoms with van der Waals surface area (Å²) in [6.45, 7) is 6.37. The Morgan fingerprint density at radius 1 is 0.944 bits per heavy atom. The van der Waals surface area contributed by atoms with E-state index < -0.39 is 0 Å². The zero-order valence-corrected chi connectivity index (χ0v) is 21.2. The van der Waals surface area contributed by atoms with E-state index in [1.54, 1.807) is 0 Å². The maximum absolute atomic E-state index is 12.2. The molecular formula is C30H35N3O3. The van der Waals surface area contributed by atoms with Gasteiger partial charge >= 0.3 is 0 Å². The summed E-state index contributed by atoms with van der Waals surface area (Å²) in [5, 5.41) is 2.94. The Morgan fingerprint density at radius 3 is 2.44 bits per heavy atom. The van der Waals surface area contributed by atoms with E-state index >= 15 is 0 Å². The summed E-state index contributed by atoms with van der Waals surface area (Å²) in [6, 6.07) is 25.9. The molecule has 1 aromatic heterocycles. The maximum Gasteiger partial charge on any atom is 0.257 e. The predicted molar refractivity (Wildman–Crippen MR) is 144 cm³/mol. The van der Waals surface area contributed by atoms with Crippen molar-refractivity contribution < 1.29 is 14.3 Å². The van der Waals surface area contributed by atoms with Crippen LogP contribution in [0.15, 0.2) is 78.9 Å². The smallest absolute Gasteiger partial charge is 0.257 e.